The van der Waals surface area contributed by atoms with Crippen LogP contribution in [0.25, 0.3) is 17.2 Å². The summed E-state index contributed by atoms with van der Waals surface area (Å²) in [5.41, 5.74) is 3.32. The van der Waals surface area contributed by atoms with Crippen molar-refractivity contribution in [3.8, 4) is 17.2 Å². The van der Waals surface area contributed by atoms with Gasteiger partial charge in [-0.1, -0.05) is 13.3 Å². The average molecular weight is 337 g/mol. The Morgan fingerprint density at radius 1 is 1.28 bits per heavy atom. The largest absolute Gasteiger partial charge is 0.323 e. The van der Waals surface area contributed by atoms with E-state index in [-0.39, 0.29) is 11.8 Å². The fourth-order valence-corrected chi connectivity index (χ4v) is 3.00. The second-order valence-corrected chi connectivity index (χ2v) is 6.32. The summed E-state index contributed by atoms with van der Waals surface area (Å²) >= 11 is 0. The monoisotopic (exact) mass is 337 g/mol. The van der Waals surface area contributed by atoms with E-state index in [9.17, 15) is 4.79 Å². The molecule has 0 saturated heterocycles. The van der Waals surface area contributed by atoms with E-state index < -0.39 is 0 Å². The molecule has 1 amide bonds. The SMILES string of the molecule is CC1CCCCc2cc(ccn2)-c2nn(-c3ncn[nH]3)cc2NC1=O. The molecule has 0 spiro atoms. The van der Waals surface area contributed by atoms with Crippen LogP contribution in [0, 0.1) is 5.92 Å². The number of rotatable bonds is 1. The lowest BCUT2D eigenvalue weighted by atomic mass is 10.00. The number of anilines is 1. The van der Waals surface area contributed by atoms with E-state index in [0.717, 1.165) is 36.9 Å². The van der Waals surface area contributed by atoms with Gasteiger partial charge in [-0.3, -0.25) is 9.78 Å². The zero-order chi connectivity index (χ0) is 17.2. The number of nitrogens with one attached hydrogen (secondary N) is 2. The second kappa shape index (κ2) is 6.46. The van der Waals surface area contributed by atoms with Crippen LogP contribution in [0.4, 0.5) is 5.69 Å². The van der Waals surface area contributed by atoms with Gasteiger partial charge in [-0.25, -0.2) is 9.78 Å². The molecule has 0 radical (unpaired) electrons. The number of hydrogen-bond donors (Lipinski definition) is 2. The van der Waals surface area contributed by atoms with Crippen LogP contribution in [0.3, 0.4) is 0 Å². The fraction of sp³-hybridized carbons (Fsp3) is 0.353. The lowest BCUT2D eigenvalue weighted by Crippen LogP contribution is -2.20. The first kappa shape index (κ1) is 15.5. The zero-order valence-corrected chi connectivity index (χ0v) is 13.9. The van der Waals surface area contributed by atoms with Gasteiger partial charge in [-0.05, 0) is 31.4 Å². The zero-order valence-electron chi connectivity index (χ0n) is 13.9. The van der Waals surface area contributed by atoms with Crippen LogP contribution in [0.5, 0.6) is 0 Å². The molecular weight excluding hydrogens is 318 g/mol. The standard InChI is InChI=1S/C17H19N7O/c1-11-4-2-3-5-13-8-12(6-7-18-13)15-14(21-16(11)25)9-24(23-15)17-19-10-20-22-17/h6-11H,2-5H2,1H3,(H,21,25)(H,19,20,22). The van der Waals surface area contributed by atoms with E-state index in [2.05, 4.69) is 30.6 Å². The molecule has 3 aromatic rings. The highest BCUT2D eigenvalue weighted by Gasteiger charge is 2.20. The third-order valence-corrected chi connectivity index (χ3v) is 4.45. The van der Waals surface area contributed by atoms with Gasteiger partial charge in [0.05, 0.1) is 11.9 Å². The molecule has 8 nitrogen and oxygen atoms in total. The summed E-state index contributed by atoms with van der Waals surface area (Å²) in [6, 6.07) is 3.94. The summed E-state index contributed by atoms with van der Waals surface area (Å²) < 4.78 is 1.59. The molecule has 2 N–H and O–H groups in total. The molecule has 0 saturated carbocycles. The van der Waals surface area contributed by atoms with Crippen LogP contribution < -0.4 is 5.32 Å². The van der Waals surface area contributed by atoms with Crippen LogP contribution in [0.15, 0.2) is 30.9 Å². The van der Waals surface area contributed by atoms with E-state index in [1.807, 2.05) is 19.1 Å². The number of carbonyl (C=O) groups excluding carboxylic acids is 1. The van der Waals surface area contributed by atoms with Gasteiger partial charge < -0.3 is 5.32 Å². The first-order chi connectivity index (χ1) is 12.2. The van der Waals surface area contributed by atoms with Gasteiger partial charge in [0.2, 0.25) is 11.9 Å². The Kier molecular flexibility index (Phi) is 4.01. The number of H-pyrrole nitrogens is 1. The molecule has 4 rings (SSSR count). The Labute approximate surface area is 144 Å². The van der Waals surface area contributed by atoms with Crippen molar-refractivity contribution in [1.29, 1.82) is 0 Å². The van der Waals surface area contributed by atoms with Gasteiger partial charge in [0, 0.05) is 23.4 Å². The maximum Gasteiger partial charge on any atom is 0.246 e. The van der Waals surface area contributed by atoms with Crippen molar-refractivity contribution in [3.05, 3.63) is 36.5 Å². The number of carbonyl (C=O) groups is 1. The number of aromatic amines is 1. The van der Waals surface area contributed by atoms with E-state index in [1.54, 1.807) is 17.1 Å². The highest BCUT2D eigenvalue weighted by atomic mass is 16.1. The predicted molar refractivity (Wildman–Crippen MR) is 92.1 cm³/mol. The normalized spacial score (nSPS) is 18.0. The van der Waals surface area contributed by atoms with Crippen molar-refractivity contribution in [3.63, 3.8) is 0 Å². The van der Waals surface area contributed by atoms with Gasteiger partial charge in [0.15, 0.2) is 0 Å². The summed E-state index contributed by atoms with van der Waals surface area (Å²) in [4.78, 5) is 21.1. The maximum absolute atomic E-state index is 12.5. The molecule has 0 aromatic carbocycles. The van der Waals surface area contributed by atoms with Crippen molar-refractivity contribution in [2.24, 2.45) is 5.92 Å². The highest BCUT2D eigenvalue weighted by molar-refractivity contribution is 5.95. The van der Waals surface area contributed by atoms with Gasteiger partial charge in [0.1, 0.15) is 12.0 Å². The molecular formula is C17H19N7O. The van der Waals surface area contributed by atoms with Crippen LogP contribution in [-0.2, 0) is 11.2 Å². The minimum absolute atomic E-state index is 0.00761. The molecule has 1 aliphatic heterocycles. The predicted octanol–water partition coefficient (Wildman–Crippen LogP) is 2.35. The van der Waals surface area contributed by atoms with Crippen molar-refractivity contribution in [2.75, 3.05) is 5.32 Å². The Morgan fingerprint density at radius 3 is 3.04 bits per heavy atom. The number of aromatic nitrogens is 6. The van der Waals surface area contributed by atoms with E-state index in [4.69, 9.17) is 0 Å². The summed E-state index contributed by atoms with van der Waals surface area (Å²) in [5, 5.41) is 14.2. The van der Waals surface area contributed by atoms with E-state index >= 15 is 0 Å². The third-order valence-electron chi connectivity index (χ3n) is 4.45. The van der Waals surface area contributed by atoms with Crippen molar-refractivity contribution in [1.82, 2.24) is 29.9 Å². The first-order valence-corrected chi connectivity index (χ1v) is 8.42. The van der Waals surface area contributed by atoms with E-state index in [0.29, 0.717) is 17.3 Å². The molecule has 1 unspecified atom stereocenters. The molecule has 1 aliphatic rings. The fourth-order valence-electron chi connectivity index (χ4n) is 3.00. The summed E-state index contributed by atoms with van der Waals surface area (Å²) in [6.07, 6.45) is 8.75. The lowest BCUT2D eigenvalue weighted by Gasteiger charge is -2.13. The van der Waals surface area contributed by atoms with Crippen molar-refractivity contribution in [2.45, 2.75) is 32.6 Å². The van der Waals surface area contributed by atoms with Crippen LogP contribution in [0.2, 0.25) is 0 Å². The van der Waals surface area contributed by atoms with Crippen molar-refractivity contribution >= 4 is 11.6 Å². The molecule has 25 heavy (non-hydrogen) atoms. The first-order valence-electron chi connectivity index (χ1n) is 8.42. The topological polar surface area (TPSA) is 101 Å². The number of fused-ring (bicyclic) bond motifs is 4. The van der Waals surface area contributed by atoms with Crippen LogP contribution in [-0.4, -0.2) is 35.9 Å². The highest BCUT2D eigenvalue weighted by Crippen LogP contribution is 2.29. The summed E-state index contributed by atoms with van der Waals surface area (Å²) in [6.45, 7) is 1.96. The van der Waals surface area contributed by atoms with Crippen molar-refractivity contribution < 1.29 is 4.79 Å². The Hall–Kier alpha value is -3.03. The lowest BCUT2D eigenvalue weighted by molar-refractivity contribution is -0.119. The maximum atomic E-state index is 12.5. The minimum atomic E-state index is -0.0489. The Bertz CT molecular complexity index is 884. The summed E-state index contributed by atoms with van der Waals surface area (Å²) in [7, 11) is 0. The second-order valence-electron chi connectivity index (χ2n) is 6.32. The molecule has 128 valence electrons. The Balaban J connectivity index is 1.82. The summed E-state index contributed by atoms with van der Waals surface area (Å²) in [5.74, 6) is 0.453. The number of amides is 1. The molecule has 8 heteroatoms. The van der Waals surface area contributed by atoms with Gasteiger partial charge in [-0.15, -0.1) is 0 Å². The Morgan fingerprint density at radius 2 is 2.20 bits per heavy atom. The smallest absolute Gasteiger partial charge is 0.246 e. The third kappa shape index (κ3) is 3.15. The van der Waals surface area contributed by atoms with Gasteiger partial charge in [-0.2, -0.15) is 15.2 Å². The quantitative estimate of drug-likeness (QED) is 0.710. The number of nitrogens with zero attached hydrogens (tertiary/aromatic N) is 5. The number of pyridine rings is 1. The molecule has 0 aliphatic carbocycles. The molecule has 1 atom stereocenters. The van der Waals surface area contributed by atoms with Crippen LogP contribution >= 0.6 is 0 Å². The van der Waals surface area contributed by atoms with Crippen LogP contribution in [0.1, 0.15) is 31.9 Å². The number of aryl methyl sites for hydroxylation is 1. The number of hydrogen-bond acceptors (Lipinski definition) is 5. The van der Waals surface area contributed by atoms with E-state index in [1.165, 1.54) is 6.33 Å². The minimum Gasteiger partial charge on any atom is -0.323 e. The van der Waals surface area contributed by atoms with Gasteiger partial charge >= 0.3 is 0 Å². The molecule has 0 fully saturated rings. The molecule has 3 aromatic heterocycles. The molecule has 4 heterocycles. The molecule has 2 bridgehead atoms. The average Bonchev–Trinajstić information content (AvgIpc) is 3.27. The van der Waals surface area contributed by atoms with Gasteiger partial charge in [0.25, 0.3) is 0 Å².